The van der Waals surface area contributed by atoms with Gasteiger partial charge in [-0.25, -0.2) is 22.5 Å². The van der Waals surface area contributed by atoms with E-state index in [0.717, 1.165) is 6.07 Å². The van der Waals surface area contributed by atoms with Crippen molar-refractivity contribution in [2.75, 3.05) is 18.9 Å². The van der Waals surface area contributed by atoms with Crippen LogP contribution in [0.15, 0.2) is 47.6 Å². The molecule has 0 radical (unpaired) electrons. The molecule has 21 heavy (non-hydrogen) atoms. The number of nitrogens with zero attached hydrogens (tertiary/aromatic N) is 1. The molecule has 1 aromatic carbocycles. The SMILES string of the molecule is Nc1ccccc1OCCNS(=O)(=O)c1ncccc1F. The second kappa shape index (κ2) is 6.51. The number of pyridine rings is 1. The topological polar surface area (TPSA) is 94.3 Å². The average Bonchev–Trinajstić information content (AvgIpc) is 2.45. The summed E-state index contributed by atoms with van der Waals surface area (Å²) in [5, 5.41) is -0.635. The van der Waals surface area contributed by atoms with Crippen molar-refractivity contribution in [3.63, 3.8) is 0 Å². The first-order valence-electron chi connectivity index (χ1n) is 6.08. The van der Waals surface area contributed by atoms with Crippen LogP contribution in [-0.2, 0) is 10.0 Å². The summed E-state index contributed by atoms with van der Waals surface area (Å²) in [4.78, 5) is 3.51. The Morgan fingerprint density at radius 2 is 2.00 bits per heavy atom. The van der Waals surface area contributed by atoms with Crippen molar-refractivity contribution >= 4 is 15.7 Å². The number of hydrogen-bond donors (Lipinski definition) is 2. The van der Waals surface area contributed by atoms with Crippen molar-refractivity contribution < 1.29 is 17.5 Å². The van der Waals surface area contributed by atoms with Crippen molar-refractivity contribution in [2.24, 2.45) is 0 Å². The van der Waals surface area contributed by atoms with Crippen LogP contribution in [0.5, 0.6) is 5.75 Å². The number of nitrogen functional groups attached to an aromatic ring is 1. The molecule has 0 fully saturated rings. The van der Waals surface area contributed by atoms with Gasteiger partial charge in [-0.2, -0.15) is 0 Å². The van der Waals surface area contributed by atoms with Crippen molar-refractivity contribution in [3.05, 3.63) is 48.4 Å². The van der Waals surface area contributed by atoms with Gasteiger partial charge in [0.1, 0.15) is 12.4 Å². The minimum Gasteiger partial charge on any atom is -0.490 e. The maximum atomic E-state index is 13.4. The van der Waals surface area contributed by atoms with E-state index in [2.05, 4.69) is 9.71 Å². The van der Waals surface area contributed by atoms with Gasteiger partial charge in [-0.3, -0.25) is 0 Å². The fourth-order valence-corrected chi connectivity index (χ4v) is 2.60. The maximum absolute atomic E-state index is 13.4. The Morgan fingerprint density at radius 3 is 2.71 bits per heavy atom. The Bertz CT molecular complexity index is 722. The molecule has 8 heteroatoms. The first kappa shape index (κ1) is 15.2. The highest BCUT2D eigenvalue weighted by atomic mass is 32.2. The zero-order valence-corrected chi connectivity index (χ0v) is 11.8. The van der Waals surface area contributed by atoms with Crippen LogP contribution in [0.25, 0.3) is 0 Å². The lowest BCUT2D eigenvalue weighted by atomic mass is 10.3. The number of ether oxygens (including phenoxy) is 1. The third kappa shape index (κ3) is 3.89. The van der Waals surface area contributed by atoms with Gasteiger partial charge < -0.3 is 10.5 Å². The normalized spacial score (nSPS) is 11.3. The lowest BCUT2D eigenvalue weighted by molar-refractivity contribution is 0.324. The van der Waals surface area contributed by atoms with Crippen LogP contribution in [0.4, 0.5) is 10.1 Å². The minimum atomic E-state index is -4.00. The zero-order chi connectivity index (χ0) is 15.3. The van der Waals surface area contributed by atoms with Crippen molar-refractivity contribution in [3.8, 4) is 5.75 Å². The van der Waals surface area contributed by atoms with Crippen LogP contribution >= 0.6 is 0 Å². The molecule has 0 aliphatic rings. The first-order chi connectivity index (χ1) is 10.0. The van der Waals surface area contributed by atoms with E-state index >= 15 is 0 Å². The van der Waals surface area contributed by atoms with Crippen molar-refractivity contribution in [1.82, 2.24) is 9.71 Å². The van der Waals surface area contributed by atoms with Crippen LogP contribution in [-0.4, -0.2) is 26.6 Å². The molecular formula is C13H14FN3O3S. The number of hydrogen-bond acceptors (Lipinski definition) is 5. The number of halogens is 1. The van der Waals surface area contributed by atoms with E-state index in [1.54, 1.807) is 24.3 Å². The second-order valence-electron chi connectivity index (χ2n) is 4.07. The van der Waals surface area contributed by atoms with Crippen molar-refractivity contribution in [1.29, 1.82) is 0 Å². The molecule has 6 nitrogen and oxygen atoms in total. The first-order valence-corrected chi connectivity index (χ1v) is 7.56. The highest BCUT2D eigenvalue weighted by molar-refractivity contribution is 7.89. The van der Waals surface area contributed by atoms with Gasteiger partial charge in [0, 0.05) is 12.7 Å². The molecule has 0 saturated carbocycles. The van der Waals surface area contributed by atoms with E-state index < -0.39 is 20.9 Å². The van der Waals surface area contributed by atoms with Gasteiger partial charge in [0.2, 0.25) is 5.03 Å². The van der Waals surface area contributed by atoms with Crippen LogP contribution in [0.2, 0.25) is 0 Å². The van der Waals surface area contributed by atoms with Crippen LogP contribution in [0, 0.1) is 5.82 Å². The van der Waals surface area contributed by atoms with Gasteiger partial charge in [-0.05, 0) is 24.3 Å². The van der Waals surface area contributed by atoms with Gasteiger partial charge >= 0.3 is 0 Å². The smallest absolute Gasteiger partial charge is 0.261 e. The lowest BCUT2D eigenvalue weighted by Crippen LogP contribution is -2.29. The molecule has 0 aliphatic heterocycles. The molecule has 0 spiro atoms. The van der Waals surface area contributed by atoms with Crippen LogP contribution in [0.1, 0.15) is 0 Å². The largest absolute Gasteiger partial charge is 0.490 e. The third-order valence-electron chi connectivity index (χ3n) is 2.55. The Balaban J connectivity index is 1.92. The minimum absolute atomic E-state index is 0.0350. The molecule has 2 rings (SSSR count). The number of anilines is 1. The molecular weight excluding hydrogens is 297 g/mol. The fraction of sp³-hybridized carbons (Fsp3) is 0.154. The van der Waals surface area contributed by atoms with Gasteiger partial charge in [-0.1, -0.05) is 12.1 Å². The molecule has 112 valence electrons. The van der Waals surface area contributed by atoms with Gasteiger partial charge in [0.25, 0.3) is 10.0 Å². The molecule has 2 aromatic rings. The van der Waals surface area contributed by atoms with E-state index in [9.17, 15) is 12.8 Å². The summed E-state index contributed by atoms with van der Waals surface area (Å²) in [6.45, 7) is 0.0224. The number of para-hydroxylation sites is 2. The quantitative estimate of drug-likeness (QED) is 0.616. The zero-order valence-electron chi connectivity index (χ0n) is 11.0. The number of rotatable bonds is 6. The summed E-state index contributed by atoms with van der Waals surface area (Å²) < 4.78 is 44.6. The van der Waals surface area contributed by atoms with E-state index in [0.29, 0.717) is 11.4 Å². The monoisotopic (exact) mass is 311 g/mol. The molecule has 3 N–H and O–H groups in total. The summed E-state index contributed by atoms with van der Waals surface area (Å²) in [5.74, 6) is -0.445. The average molecular weight is 311 g/mol. The summed E-state index contributed by atoms with van der Waals surface area (Å²) in [5.41, 5.74) is 6.13. The van der Waals surface area contributed by atoms with E-state index in [-0.39, 0.29) is 13.2 Å². The highest BCUT2D eigenvalue weighted by Crippen LogP contribution is 2.19. The lowest BCUT2D eigenvalue weighted by Gasteiger charge is -2.09. The predicted molar refractivity (Wildman–Crippen MR) is 75.7 cm³/mol. The second-order valence-corrected chi connectivity index (χ2v) is 5.76. The molecule has 0 bridgehead atoms. The summed E-state index contributed by atoms with van der Waals surface area (Å²) in [6, 6.07) is 9.19. The Labute approximate surface area is 121 Å². The van der Waals surface area contributed by atoms with E-state index in [1.807, 2.05) is 0 Å². The number of nitrogens with two attached hydrogens (primary N) is 1. The van der Waals surface area contributed by atoms with Crippen LogP contribution < -0.4 is 15.2 Å². The molecule has 0 atom stereocenters. The van der Waals surface area contributed by atoms with Gasteiger partial charge in [0.05, 0.1) is 5.69 Å². The maximum Gasteiger partial charge on any atom is 0.261 e. The number of aromatic nitrogens is 1. The molecule has 0 unspecified atom stereocenters. The highest BCUT2D eigenvalue weighted by Gasteiger charge is 2.19. The van der Waals surface area contributed by atoms with Crippen molar-refractivity contribution in [2.45, 2.75) is 5.03 Å². The number of benzene rings is 1. The van der Waals surface area contributed by atoms with E-state index in [1.165, 1.54) is 12.3 Å². The van der Waals surface area contributed by atoms with Gasteiger partial charge in [-0.15, -0.1) is 0 Å². The molecule has 0 saturated heterocycles. The molecule has 1 aromatic heterocycles. The van der Waals surface area contributed by atoms with E-state index in [4.69, 9.17) is 10.5 Å². The predicted octanol–water partition coefficient (Wildman–Crippen LogP) is 1.16. The molecule has 1 heterocycles. The van der Waals surface area contributed by atoms with Crippen LogP contribution in [0.3, 0.4) is 0 Å². The summed E-state index contributed by atoms with van der Waals surface area (Å²) in [7, 11) is -4.00. The number of nitrogens with one attached hydrogen (secondary N) is 1. The third-order valence-corrected chi connectivity index (χ3v) is 3.94. The standard InChI is InChI=1S/C13H14FN3O3S/c14-10-4-3-7-16-13(10)21(18,19)17-8-9-20-12-6-2-1-5-11(12)15/h1-7,17H,8-9,15H2. The Hall–Kier alpha value is -2.19. The summed E-state index contributed by atoms with van der Waals surface area (Å²) >= 11 is 0. The van der Waals surface area contributed by atoms with Gasteiger partial charge in [0.15, 0.2) is 5.82 Å². The molecule has 0 aliphatic carbocycles. The Morgan fingerprint density at radius 1 is 1.24 bits per heavy atom. The summed E-state index contributed by atoms with van der Waals surface area (Å²) in [6.07, 6.45) is 1.21. The fourth-order valence-electron chi connectivity index (χ4n) is 1.59. The Kier molecular flexibility index (Phi) is 4.71. The molecule has 0 amide bonds. The number of sulfonamides is 1.